The van der Waals surface area contributed by atoms with Gasteiger partial charge in [0, 0.05) is 24.7 Å². The zero-order chi connectivity index (χ0) is 13.0. The van der Waals surface area contributed by atoms with Crippen LogP contribution in [-0.4, -0.2) is 17.5 Å². The van der Waals surface area contributed by atoms with Crippen LogP contribution in [0, 0.1) is 5.92 Å². The molecule has 0 unspecified atom stereocenters. The lowest BCUT2D eigenvalue weighted by Gasteiger charge is -2.29. The molecule has 1 aromatic rings. The molecule has 0 spiro atoms. The molecule has 0 radical (unpaired) electrons. The van der Waals surface area contributed by atoms with Gasteiger partial charge in [0.05, 0.1) is 12.8 Å². The standard InChI is InChI=1S/C15H26N2O/c1-12(2)10-17(14-5-3-4-6-14)11-15-13(9-16)7-8-18-15/h7-8,12,14H,3-6,9-11,16H2,1-2H3. The summed E-state index contributed by atoms with van der Waals surface area (Å²) in [5.41, 5.74) is 6.90. The SMILES string of the molecule is CC(C)CN(Cc1occc1CN)C1CCCC1. The first kappa shape index (κ1) is 13.6. The van der Waals surface area contributed by atoms with E-state index < -0.39 is 0 Å². The summed E-state index contributed by atoms with van der Waals surface area (Å²) < 4.78 is 5.61. The van der Waals surface area contributed by atoms with Gasteiger partial charge in [-0.1, -0.05) is 26.7 Å². The molecule has 0 aromatic carbocycles. The van der Waals surface area contributed by atoms with Gasteiger partial charge < -0.3 is 10.2 Å². The monoisotopic (exact) mass is 250 g/mol. The fourth-order valence-electron chi connectivity index (χ4n) is 2.95. The van der Waals surface area contributed by atoms with Crippen LogP contribution in [0.1, 0.15) is 50.9 Å². The van der Waals surface area contributed by atoms with E-state index in [2.05, 4.69) is 18.7 Å². The Morgan fingerprint density at radius 2 is 2.11 bits per heavy atom. The van der Waals surface area contributed by atoms with Gasteiger partial charge in [0.25, 0.3) is 0 Å². The lowest BCUT2D eigenvalue weighted by atomic mass is 10.1. The smallest absolute Gasteiger partial charge is 0.122 e. The molecule has 0 amide bonds. The van der Waals surface area contributed by atoms with Crippen molar-refractivity contribution in [2.45, 2.75) is 58.7 Å². The van der Waals surface area contributed by atoms with Crippen molar-refractivity contribution in [2.24, 2.45) is 11.7 Å². The molecule has 0 atom stereocenters. The number of nitrogens with zero attached hydrogens (tertiary/aromatic N) is 1. The van der Waals surface area contributed by atoms with Crippen LogP contribution in [0.5, 0.6) is 0 Å². The third-order valence-electron chi connectivity index (χ3n) is 3.85. The molecule has 0 bridgehead atoms. The highest BCUT2D eigenvalue weighted by molar-refractivity contribution is 5.16. The molecule has 1 fully saturated rings. The number of nitrogens with two attached hydrogens (primary N) is 1. The van der Waals surface area contributed by atoms with Gasteiger partial charge in [0.2, 0.25) is 0 Å². The summed E-state index contributed by atoms with van der Waals surface area (Å²) in [7, 11) is 0. The van der Waals surface area contributed by atoms with E-state index in [1.807, 2.05) is 6.07 Å². The van der Waals surface area contributed by atoms with Crippen molar-refractivity contribution in [1.29, 1.82) is 0 Å². The van der Waals surface area contributed by atoms with Crippen LogP contribution in [0.4, 0.5) is 0 Å². The molecule has 1 aromatic heterocycles. The first-order valence-corrected chi connectivity index (χ1v) is 7.20. The predicted octanol–water partition coefficient (Wildman–Crippen LogP) is 3.14. The maximum atomic E-state index is 5.75. The Morgan fingerprint density at radius 3 is 2.72 bits per heavy atom. The second-order valence-corrected chi connectivity index (χ2v) is 5.83. The molecule has 3 nitrogen and oxygen atoms in total. The van der Waals surface area contributed by atoms with Gasteiger partial charge in [-0.15, -0.1) is 0 Å². The fourth-order valence-corrected chi connectivity index (χ4v) is 2.95. The highest BCUT2D eigenvalue weighted by Crippen LogP contribution is 2.26. The topological polar surface area (TPSA) is 42.4 Å². The molecule has 2 rings (SSSR count). The summed E-state index contributed by atoms with van der Waals surface area (Å²) in [4.78, 5) is 2.59. The maximum Gasteiger partial charge on any atom is 0.122 e. The molecule has 0 saturated heterocycles. The van der Waals surface area contributed by atoms with E-state index in [-0.39, 0.29) is 0 Å². The Hall–Kier alpha value is -0.800. The fraction of sp³-hybridized carbons (Fsp3) is 0.733. The van der Waals surface area contributed by atoms with Crippen LogP contribution in [0.25, 0.3) is 0 Å². The van der Waals surface area contributed by atoms with Crippen molar-refractivity contribution < 1.29 is 4.42 Å². The van der Waals surface area contributed by atoms with Crippen molar-refractivity contribution in [3.8, 4) is 0 Å². The van der Waals surface area contributed by atoms with E-state index in [0.29, 0.717) is 12.5 Å². The predicted molar refractivity (Wildman–Crippen MR) is 74.1 cm³/mol. The van der Waals surface area contributed by atoms with Crippen LogP contribution < -0.4 is 5.73 Å². The Labute approximate surface area is 110 Å². The molecule has 102 valence electrons. The number of hydrogen-bond donors (Lipinski definition) is 1. The van der Waals surface area contributed by atoms with Crippen LogP contribution in [-0.2, 0) is 13.1 Å². The highest BCUT2D eigenvalue weighted by Gasteiger charge is 2.24. The Morgan fingerprint density at radius 1 is 1.39 bits per heavy atom. The molecule has 18 heavy (non-hydrogen) atoms. The summed E-state index contributed by atoms with van der Waals surface area (Å²) in [6, 6.07) is 2.74. The third-order valence-corrected chi connectivity index (χ3v) is 3.85. The minimum atomic E-state index is 0.575. The van der Waals surface area contributed by atoms with Gasteiger partial charge in [-0.3, -0.25) is 4.90 Å². The highest BCUT2D eigenvalue weighted by atomic mass is 16.3. The normalized spacial score (nSPS) is 17.2. The first-order valence-electron chi connectivity index (χ1n) is 7.20. The van der Waals surface area contributed by atoms with Crippen molar-refractivity contribution in [3.05, 3.63) is 23.7 Å². The molecule has 1 aliphatic carbocycles. The minimum Gasteiger partial charge on any atom is -0.468 e. The van der Waals surface area contributed by atoms with Crippen LogP contribution in [0.15, 0.2) is 16.7 Å². The average Bonchev–Trinajstić information content (AvgIpc) is 2.98. The summed E-state index contributed by atoms with van der Waals surface area (Å²) in [5.74, 6) is 1.76. The Bertz CT molecular complexity index is 353. The molecule has 2 N–H and O–H groups in total. The molecule has 0 aliphatic heterocycles. The summed E-state index contributed by atoms with van der Waals surface area (Å²) in [6.07, 6.45) is 7.19. The van der Waals surface area contributed by atoms with Gasteiger partial charge in [-0.05, 0) is 24.8 Å². The molecule has 3 heteroatoms. The number of hydrogen-bond acceptors (Lipinski definition) is 3. The van der Waals surface area contributed by atoms with Crippen molar-refractivity contribution in [3.63, 3.8) is 0 Å². The van der Waals surface area contributed by atoms with Gasteiger partial charge in [-0.25, -0.2) is 0 Å². The van der Waals surface area contributed by atoms with Gasteiger partial charge in [0.15, 0.2) is 0 Å². The lowest BCUT2D eigenvalue weighted by Crippen LogP contribution is -2.35. The summed E-state index contributed by atoms with van der Waals surface area (Å²) >= 11 is 0. The largest absolute Gasteiger partial charge is 0.468 e. The molecule has 1 heterocycles. The van der Waals surface area contributed by atoms with Crippen molar-refractivity contribution in [2.75, 3.05) is 6.54 Å². The van der Waals surface area contributed by atoms with Crippen molar-refractivity contribution in [1.82, 2.24) is 4.90 Å². The van der Waals surface area contributed by atoms with E-state index in [1.165, 1.54) is 25.7 Å². The van der Waals surface area contributed by atoms with E-state index in [0.717, 1.165) is 30.5 Å². The Balaban J connectivity index is 2.04. The average molecular weight is 250 g/mol. The zero-order valence-electron chi connectivity index (χ0n) is 11.7. The van der Waals surface area contributed by atoms with E-state index in [9.17, 15) is 0 Å². The number of furan rings is 1. The summed E-state index contributed by atoms with van der Waals surface area (Å²) in [5, 5.41) is 0. The van der Waals surface area contributed by atoms with Gasteiger partial charge in [0.1, 0.15) is 5.76 Å². The first-order chi connectivity index (χ1) is 8.70. The van der Waals surface area contributed by atoms with E-state index in [4.69, 9.17) is 10.2 Å². The molecule has 1 aliphatic rings. The quantitative estimate of drug-likeness (QED) is 0.843. The van der Waals surface area contributed by atoms with Gasteiger partial charge in [-0.2, -0.15) is 0 Å². The Kier molecular flexibility index (Phi) is 4.84. The molecular formula is C15H26N2O. The molecular weight excluding hydrogens is 224 g/mol. The van der Waals surface area contributed by atoms with Crippen LogP contribution in [0.2, 0.25) is 0 Å². The second kappa shape index (κ2) is 6.39. The maximum absolute atomic E-state index is 5.75. The van der Waals surface area contributed by atoms with Gasteiger partial charge >= 0.3 is 0 Å². The summed E-state index contributed by atoms with van der Waals surface area (Å²) in [6.45, 7) is 7.21. The van der Waals surface area contributed by atoms with E-state index >= 15 is 0 Å². The lowest BCUT2D eigenvalue weighted by molar-refractivity contribution is 0.156. The van der Waals surface area contributed by atoms with Crippen LogP contribution in [0.3, 0.4) is 0 Å². The third kappa shape index (κ3) is 3.36. The van der Waals surface area contributed by atoms with Crippen molar-refractivity contribution >= 4 is 0 Å². The van der Waals surface area contributed by atoms with Crippen LogP contribution >= 0.6 is 0 Å². The molecule has 1 saturated carbocycles. The van der Waals surface area contributed by atoms with E-state index in [1.54, 1.807) is 6.26 Å². The minimum absolute atomic E-state index is 0.575. The second-order valence-electron chi connectivity index (χ2n) is 5.83. The number of rotatable bonds is 6. The zero-order valence-corrected chi connectivity index (χ0v) is 11.7.